The van der Waals surface area contributed by atoms with Crippen LogP contribution in [0.15, 0.2) is 24.3 Å². The molecule has 1 fully saturated rings. The van der Waals surface area contributed by atoms with Crippen LogP contribution in [0, 0.1) is 0 Å². The summed E-state index contributed by atoms with van der Waals surface area (Å²) in [4.78, 5) is 10.7. The molecule has 1 aromatic rings. The van der Waals surface area contributed by atoms with E-state index in [4.69, 9.17) is 15.2 Å². The lowest BCUT2D eigenvalue weighted by molar-refractivity contribution is 0.100. The molecule has 1 heterocycles. The van der Waals surface area contributed by atoms with Gasteiger partial charge in [-0.1, -0.05) is 0 Å². The van der Waals surface area contributed by atoms with Gasteiger partial charge in [-0.15, -0.1) is 0 Å². The van der Waals surface area contributed by atoms with Gasteiger partial charge in [-0.2, -0.15) is 0 Å². The summed E-state index contributed by atoms with van der Waals surface area (Å²) < 4.78 is 10.4. The fourth-order valence-corrected chi connectivity index (χ4v) is 1.07. The van der Waals surface area contributed by atoms with Crippen molar-refractivity contribution in [1.29, 1.82) is 0 Å². The Balaban J connectivity index is 1.94. The van der Waals surface area contributed by atoms with E-state index < -0.39 is 5.91 Å². The highest BCUT2D eigenvalue weighted by atomic mass is 16.6. The first kappa shape index (κ1) is 9.02. The van der Waals surface area contributed by atoms with Gasteiger partial charge in [0.15, 0.2) is 0 Å². The number of hydrogen-bond acceptors (Lipinski definition) is 3. The summed E-state index contributed by atoms with van der Waals surface area (Å²) in [6.45, 7) is 1.34. The second-order valence-electron chi connectivity index (χ2n) is 3.15. The van der Waals surface area contributed by atoms with Crippen LogP contribution < -0.4 is 10.5 Å². The SMILES string of the molecule is NC(=O)c1ccc(OC[C@H]2CO2)cc1. The second kappa shape index (κ2) is 3.67. The molecule has 0 saturated carbocycles. The van der Waals surface area contributed by atoms with E-state index in [1.807, 2.05) is 0 Å². The minimum Gasteiger partial charge on any atom is -0.491 e. The van der Waals surface area contributed by atoms with Crippen molar-refractivity contribution in [2.75, 3.05) is 13.2 Å². The number of epoxide rings is 1. The van der Waals surface area contributed by atoms with Gasteiger partial charge in [0.1, 0.15) is 18.5 Å². The number of hydrogen-bond donors (Lipinski definition) is 1. The van der Waals surface area contributed by atoms with Crippen LogP contribution in [0.1, 0.15) is 10.4 Å². The third kappa shape index (κ3) is 2.23. The zero-order valence-electron chi connectivity index (χ0n) is 7.60. The molecule has 1 aromatic carbocycles. The molecule has 0 unspecified atom stereocenters. The van der Waals surface area contributed by atoms with Crippen LogP contribution in [0.3, 0.4) is 0 Å². The maximum atomic E-state index is 10.7. The molecule has 1 saturated heterocycles. The average molecular weight is 193 g/mol. The normalized spacial score (nSPS) is 19.0. The van der Waals surface area contributed by atoms with E-state index in [-0.39, 0.29) is 6.10 Å². The van der Waals surface area contributed by atoms with E-state index in [2.05, 4.69) is 0 Å². The summed E-state index contributed by atoms with van der Waals surface area (Å²) in [5, 5.41) is 0. The number of benzene rings is 1. The first-order valence-corrected chi connectivity index (χ1v) is 4.40. The van der Waals surface area contributed by atoms with Crippen molar-refractivity contribution < 1.29 is 14.3 Å². The van der Waals surface area contributed by atoms with Crippen LogP contribution >= 0.6 is 0 Å². The van der Waals surface area contributed by atoms with Gasteiger partial charge in [-0.05, 0) is 24.3 Å². The number of amides is 1. The summed E-state index contributed by atoms with van der Waals surface area (Å²) in [6, 6.07) is 6.74. The Labute approximate surface area is 81.6 Å². The number of rotatable bonds is 4. The lowest BCUT2D eigenvalue weighted by atomic mass is 10.2. The Morgan fingerprint density at radius 3 is 2.64 bits per heavy atom. The Bertz CT molecular complexity index is 330. The van der Waals surface area contributed by atoms with Crippen molar-refractivity contribution in [3.05, 3.63) is 29.8 Å². The van der Waals surface area contributed by atoms with Crippen molar-refractivity contribution in [3.63, 3.8) is 0 Å². The maximum absolute atomic E-state index is 10.7. The molecule has 14 heavy (non-hydrogen) atoms. The monoisotopic (exact) mass is 193 g/mol. The van der Waals surface area contributed by atoms with Gasteiger partial charge in [-0.3, -0.25) is 4.79 Å². The standard InChI is InChI=1S/C10H11NO3/c11-10(12)7-1-3-8(4-2-7)13-5-9-6-14-9/h1-4,9H,5-6H2,(H2,11,12)/t9-/m0/s1. The largest absolute Gasteiger partial charge is 0.491 e. The number of nitrogens with two attached hydrogens (primary N) is 1. The molecular formula is C10H11NO3. The third-order valence-electron chi connectivity index (χ3n) is 1.98. The van der Waals surface area contributed by atoms with Crippen molar-refractivity contribution >= 4 is 5.91 Å². The molecule has 2 rings (SSSR count). The molecule has 0 radical (unpaired) electrons. The first-order valence-electron chi connectivity index (χ1n) is 4.40. The van der Waals surface area contributed by atoms with Gasteiger partial charge in [0.25, 0.3) is 0 Å². The number of primary amides is 1. The predicted molar refractivity (Wildman–Crippen MR) is 50.2 cm³/mol. The maximum Gasteiger partial charge on any atom is 0.248 e. The first-order chi connectivity index (χ1) is 6.75. The number of carbonyl (C=O) groups is 1. The van der Waals surface area contributed by atoms with E-state index >= 15 is 0 Å². The van der Waals surface area contributed by atoms with Crippen LogP contribution in [-0.2, 0) is 4.74 Å². The van der Waals surface area contributed by atoms with E-state index in [0.29, 0.717) is 12.2 Å². The molecule has 0 spiro atoms. The minimum absolute atomic E-state index is 0.241. The van der Waals surface area contributed by atoms with Crippen LogP contribution in [-0.4, -0.2) is 25.2 Å². The van der Waals surface area contributed by atoms with Crippen LogP contribution in [0.5, 0.6) is 5.75 Å². The highest BCUT2D eigenvalue weighted by molar-refractivity contribution is 5.92. The number of ether oxygens (including phenoxy) is 2. The van der Waals surface area contributed by atoms with Crippen molar-refractivity contribution in [1.82, 2.24) is 0 Å². The Hall–Kier alpha value is -1.55. The third-order valence-corrected chi connectivity index (χ3v) is 1.98. The van der Waals surface area contributed by atoms with Gasteiger partial charge in [-0.25, -0.2) is 0 Å². The fraction of sp³-hybridized carbons (Fsp3) is 0.300. The second-order valence-corrected chi connectivity index (χ2v) is 3.15. The topological polar surface area (TPSA) is 64.9 Å². The highest BCUT2D eigenvalue weighted by Gasteiger charge is 2.22. The lowest BCUT2D eigenvalue weighted by Crippen LogP contribution is -2.10. The average Bonchev–Trinajstić information content (AvgIpc) is 2.99. The zero-order valence-corrected chi connectivity index (χ0v) is 7.60. The van der Waals surface area contributed by atoms with E-state index in [0.717, 1.165) is 12.4 Å². The van der Waals surface area contributed by atoms with Crippen LogP contribution in [0.2, 0.25) is 0 Å². The van der Waals surface area contributed by atoms with E-state index in [1.165, 1.54) is 0 Å². The molecule has 1 amide bonds. The molecule has 1 atom stereocenters. The molecule has 1 aliphatic heterocycles. The van der Waals surface area contributed by atoms with Gasteiger partial charge in [0.2, 0.25) is 5.91 Å². The zero-order chi connectivity index (χ0) is 9.97. The Morgan fingerprint density at radius 2 is 2.14 bits per heavy atom. The summed E-state index contributed by atoms with van der Waals surface area (Å²) in [5.41, 5.74) is 5.58. The quantitative estimate of drug-likeness (QED) is 0.711. The molecule has 1 aliphatic rings. The van der Waals surface area contributed by atoms with E-state index in [1.54, 1.807) is 24.3 Å². The number of carbonyl (C=O) groups excluding carboxylic acids is 1. The van der Waals surface area contributed by atoms with Gasteiger partial charge < -0.3 is 15.2 Å². The molecular weight excluding hydrogens is 182 g/mol. The predicted octanol–water partition coefficient (Wildman–Crippen LogP) is 0.563. The lowest BCUT2D eigenvalue weighted by Gasteiger charge is -2.03. The summed E-state index contributed by atoms with van der Waals surface area (Å²) in [5.74, 6) is 0.299. The summed E-state index contributed by atoms with van der Waals surface area (Å²) in [7, 11) is 0. The summed E-state index contributed by atoms with van der Waals surface area (Å²) >= 11 is 0. The fourth-order valence-electron chi connectivity index (χ4n) is 1.07. The minimum atomic E-state index is -0.429. The molecule has 74 valence electrons. The molecule has 0 bridgehead atoms. The van der Waals surface area contributed by atoms with Crippen molar-refractivity contribution in [2.45, 2.75) is 6.10 Å². The van der Waals surface area contributed by atoms with Crippen LogP contribution in [0.4, 0.5) is 0 Å². The Morgan fingerprint density at radius 1 is 1.50 bits per heavy atom. The molecule has 0 aromatic heterocycles. The van der Waals surface area contributed by atoms with Gasteiger partial charge in [0.05, 0.1) is 6.61 Å². The molecule has 0 aliphatic carbocycles. The molecule has 4 heteroatoms. The van der Waals surface area contributed by atoms with Gasteiger partial charge in [0, 0.05) is 5.56 Å². The summed E-state index contributed by atoms with van der Waals surface area (Å²) in [6.07, 6.45) is 0.241. The molecule has 2 N–H and O–H groups in total. The smallest absolute Gasteiger partial charge is 0.248 e. The molecule has 4 nitrogen and oxygen atoms in total. The Kier molecular flexibility index (Phi) is 2.37. The van der Waals surface area contributed by atoms with E-state index in [9.17, 15) is 4.79 Å². The van der Waals surface area contributed by atoms with Crippen molar-refractivity contribution in [3.8, 4) is 5.75 Å². The van der Waals surface area contributed by atoms with Crippen LogP contribution in [0.25, 0.3) is 0 Å². The van der Waals surface area contributed by atoms with Gasteiger partial charge >= 0.3 is 0 Å². The highest BCUT2D eigenvalue weighted by Crippen LogP contribution is 2.15. The van der Waals surface area contributed by atoms with Crippen molar-refractivity contribution in [2.24, 2.45) is 5.73 Å².